The molecule has 1 heterocycles. The number of rotatable bonds is 8. The van der Waals surface area contributed by atoms with Gasteiger partial charge in [-0.15, -0.1) is 0 Å². The van der Waals surface area contributed by atoms with Crippen LogP contribution in [0, 0.1) is 0 Å². The SMILES string of the molecule is C[Si](C)(C)O[Si](C)(C)CCCOC[C@@H]1CO1. The summed E-state index contributed by atoms with van der Waals surface area (Å²) in [4.78, 5) is 0. The molecule has 1 aliphatic heterocycles. The molecule has 1 saturated heterocycles. The lowest BCUT2D eigenvalue weighted by Crippen LogP contribution is -2.42. The monoisotopic (exact) mass is 262 g/mol. The fourth-order valence-corrected chi connectivity index (χ4v) is 9.89. The Morgan fingerprint density at radius 2 is 1.81 bits per heavy atom. The Balaban J connectivity index is 2.04. The summed E-state index contributed by atoms with van der Waals surface area (Å²) in [5, 5.41) is 0. The zero-order valence-electron chi connectivity index (χ0n) is 11.3. The molecule has 0 N–H and O–H groups in total. The van der Waals surface area contributed by atoms with Gasteiger partial charge in [-0.3, -0.25) is 0 Å². The van der Waals surface area contributed by atoms with Gasteiger partial charge >= 0.3 is 0 Å². The minimum atomic E-state index is -1.45. The fourth-order valence-electron chi connectivity index (χ4n) is 1.86. The second-order valence-electron chi connectivity index (χ2n) is 6.11. The van der Waals surface area contributed by atoms with Crippen molar-refractivity contribution in [3.05, 3.63) is 0 Å². The Kier molecular flexibility index (Phi) is 5.19. The van der Waals surface area contributed by atoms with E-state index < -0.39 is 16.6 Å². The molecule has 3 nitrogen and oxygen atoms in total. The molecule has 0 aromatic carbocycles. The van der Waals surface area contributed by atoms with Gasteiger partial charge in [0.05, 0.1) is 13.2 Å². The van der Waals surface area contributed by atoms with Crippen molar-refractivity contribution in [2.75, 3.05) is 19.8 Å². The van der Waals surface area contributed by atoms with Crippen LogP contribution in [0.1, 0.15) is 6.42 Å². The molecule has 0 spiro atoms. The first-order valence-corrected chi connectivity index (χ1v) is 12.7. The van der Waals surface area contributed by atoms with Crippen molar-refractivity contribution < 1.29 is 13.6 Å². The van der Waals surface area contributed by atoms with Crippen molar-refractivity contribution in [3.63, 3.8) is 0 Å². The van der Waals surface area contributed by atoms with Gasteiger partial charge in [-0.05, 0) is 45.2 Å². The lowest BCUT2D eigenvalue weighted by atomic mass is 10.5. The van der Waals surface area contributed by atoms with Gasteiger partial charge in [-0.25, -0.2) is 0 Å². The summed E-state index contributed by atoms with van der Waals surface area (Å²) in [6.07, 6.45) is 1.51. The van der Waals surface area contributed by atoms with Crippen molar-refractivity contribution in [1.29, 1.82) is 0 Å². The van der Waals surface area contributed by atoms with Crippen molar-refractivity contribution in [1.82, 2.24) is 0 Å². The molecule has 1 fully saturated rings. The molecule has 0 unspecified atom stereocenters. The minimum absolute atomic E-state index is 0.392. The van der Waals surface area contributed by atoms with Gasteiger partial charge < -0.3 is 13.6 Å². The van der Waals surface area contributed by atoms with Gasteiger partial charge in [0.25, 0.3) is 0 Å². The number of epoxide rings is 1. The molecular weight excluding hydrogens is 236 g/mol. The maximum Gasteiger partial charge on any atom is 0.173 e. The third kappa shape index (κ3) is 7.56. The molecule has 0 saturated carbocycles. The van der Waals surface area contributed by atoms with E-state index in [0.29, 0.717) is 6.10 Å². The Labute approximate surface area is 102 Å². The highest BCUT2D eigenvalue weighted by atomic mass is 28.4. The van der Waals surface area contributed by atoms with Crippen LogP contribution in [0.5, 0.6) is 0 Å². The van der Waals surface area contributed by atoms with Crippen molar-refractivity contribution in [2.24, 2.45) is 0 Å². The van der Waals surface area contributed by atoms with Crippen molar-refractivity contribution in [2.45, 2.75) is 51.3 Å². The van der Waals surface area contributed by atoms with Gasteiger partial charge in [0.2, 0.25) is 0 Å². The topological polar surface area (TPSA) is 31.0 Å². The summed E-state index contributed by atoms with van der Waals surface area (Å²) in [6.45, 7) is 13.9. The Bertz CT molecular complexity index is 210. The summed E-state index contributed by atoms with van der Waals surface area (Å²) in [7, 11) is -2.82. The fraction of sp³-hybridized carbons (Fsp3) is 1.00. The van der Waals surface area contributed by atoms with Crippen molar-refractivity contribution >= 4 is 16.6 Å². The van der Waals surface area contributed by atoms with Gasteiger partial charge in [0.1, 0.15) is 6.10 Å². The van der Waals surface area contributed by atoms with Crippen LogP contribution in [0.25, 0.3) is 0 Å². The standard InChI is InChI=1S/C11H26O3Si2/c1-15(2,3)14-16(4,5)8-6-7-12-9-11-10-13-11/h11H,6-10H2,1-5H3/t11-/m1/s1. The van der Waals surface area contributed by atoms with E-state index in [1.165, 1.54) is 6.04 Å². The first-order chi connectivity index (χ1) is 7.29. The van der Waals surface area contributed by atoms with E-state index >= 15 is 0 Å². The maximum atomic E-state index is 6.26. The second-order valence-corrected chi connectivity index (χ2v) is 15.2. The lowest BCUT2D eigenvalue weighted by molar-refractivity contribution is 0.116. The van der Waals surface area contributed by atoms with Crippen LogP contribution in [0.15, 0.2) is 0 Å². The molecule has 5 heteroatoms. The van der Waals surface area contributed by atoms with Crippen LogP contribution in [0.2, 0.25) is 38.8 Å². The number of ether oxygens (including phenoxy) is 2. The van der Waals surface area contributed by atoms with Crippen LogP contribution in [0.4, 0.5) is 0 Å². The van der Waals surface area contributed by atoms with Gasteiger partial charge in [-0.1, -0.05) is 0 Å². The highest BCUT2D eigenvalue weighted by Crippen LogP contribution is 2.19. The zero-order valence-corrected chi connectivity index (χ0v) is 13.3. The normalized spacial score (nSPS) is 21.2. The largest absolute Gasteiger partial charge is 0.456 e. The molecule has 1 aliphatic rings. The average molecular weight is 262 g/mol. The molecule has 0 aliphatic carbocycles. The first kappa shape index (κ1) is 14.4. The third-order valence-electron chi connectivity index (χ3n) is 2.36. The molecule has 0 aromatic heterocycles. The van der Waals surface area contributed by atoms with E-state index in [1.807, 2.05) is 0 Å². The molecule has 16 heavy (non-hydrogen) atoms. The summed E-state index contributed by atoms with van der Waals surface area (Å²) in [5.41, 5.74) is 0. The predicted molar refractivity (Wildman–Crippen MR) is 71.9 cm³/mol. The summed E-state index contributed by atoms with van der Waals surface area (Å²) < 4.78 is 16.9. The maximum absolute atomic E-state index is 6.26. The minimum Gasteiger partial charge on any atom is -0.456 e. The Hall–Kier alpha value is 0.314. The molecule has 96 valence electrons. The Morgan fingerprint density at radius 1 is 1.19 bits per heavy atom. The van der Waals surface area contributed by atoms with Crippen LogP contribution < -0.4 is 0 Å². The average Bonchev–Trinajstić information content (AvgIpc) is 2.82. The number of hydrogen-bond acceptors (Lipinski definition) is 3. The van der Waals surface area contributed by atoms with E-state index in [0.717, 1.165) is 26.2 Å². The van der Waals surface area contributed by atoms with Crippen LogP contribution in [-0.2, 0) is 13.6 Å². The van der Waals surface area contributed by atoms with Gasteiger partial charge in [-0.2, -0.15) is 0 Å². The predicted octanol–water partition coefficient (Wildman–Crippen LogP) is 2.85. The number of hydrogen-bond donors (Lipinski definition) is 0. The molecular formula is C11H26O3Si2. The molecule has 0 aromatic rings. The van der Waals surface area contributed by atoms with E-state index in [-0.39, 0.29) is 0 Å². The van der Waals surface area contributed by atoms with Crippen LogP contribution in [0.3, 0.4) is 0 Å². The van der Waals surface area contributed by atoms with E-state index in [9.17, 15) is 0 Å². The first-order valence-electron chi connectivity index (χ1n) is 6.18. The quantitative estimate of drug-likeness (QED) is 0.383. The summed E-state index contributed by atoms with van der Waals surface area (Å²) in [6, 6.07) is 1.20. The van der Waals surface area contributed by atoms with E-state index in [4.69, 9.17) is 13.6 Å². The Morgan fingerprint density at radius 3 is 2.31 bits per heavy atom. The highest BCUT2D eigenvalue weighted by Gasteiger charge is 2.29. The highest BCUT2D eigenvalue weighted by molar-refractivity contribution is 6.84. The molecule has 1 rings (SSSR count). The van der Waals surface area contributed by atoms with E-state index in [1.54, 1.807) is 0 Å². The lowest BCUT2D eigenvalue weighted by Gasteiger charge is -2.31. The molecule has 0 radical (unpaired) electrons. The van der Waals surface area contributed by atoms with Crippen molar-refractivity contribution in [3.8, 4) is 0 Å². The summed E-state index contributed by atoms with van der Waals surface area (Å²) >= 11 is 0. The van der Waals surface area contributed by atoms with Crippen LogP contribution in [-0.4, -0.2) is 42.6 Å². The smallest absolute Gasteiger partial charge is 0.173 e. The van der Waals surface area contributed by atoms with Crippen LogP contribution >= 0.6 is 0 Å². The summed E-state index contributed by atoms with van der Waals surface area (Å²) in [5.74, 6) is 0. The zero-order chi connectivity index (χ0) is 12.2. The van der Waals surface area contributed by atoms with E-state index in [2.05, 4.69) is 32.7 Å². The van der Waals surface area contributed by atoms with Gasteiger partial charge in [0.15, 0.2) is 16.6 Å². The molecule has 0 amide bonds. The molecule has 0 bridgehead atoms. The second kappa shape index (κ2) is 5.77. The van der Waals surface area contributed by atoms with Gasteiger partial charge in [0, 0.05) is 6.61 Å². The third-order valence-corrected chi connectivity index (χ3v) is 8.57. The molecule has 1 atom stereocenters.